The van der Waals surface area contributed by atoms with Crippen LogP contribution in [0.5, 0.6) is 0 Å². The molecule has 0 saturated carbocycles. The van der Waals surface area contributed by atoms with Crippen molar-refractivity contribution in [1.29, 1.82) is 0 Å². The van der Waals surface area contributed by atoms with Gasteiger partial charge in [0.2, 0.25) is 0 Å². The van der Waals surface area contributed by atoms with E-state index in [2.05, 4.69) is 52.3 Å². The number of hydrazone groups is 1. The van der Waals surface area contributed by atoms with E-state index in [0.29, 0.717) is 5.92 Å². The fourth-order valence-corrected chi connectivity index (χ4v) is 3.35. The summed E-state index contributed by atoms with van der Waals surface area (Å²) >= 11 is 0. The third-order valence-electron chi connectivity index (χ3n) is 4.72. The lowest BCUT2D eigenvalue weighted by atomic mass is 9.96. The highest BCUT2D eigenvalue weighted by Crippen LogP contribution is 2.32. The van der Waals surface area contributed by atoms with Crippen molar-refractivity contribution in [1.82, 2.24) is 9.99 Å². The molecule has 0 N–H and O–H groups in total. The fraction of sp³-hybridized carbons (Fsp3) is 0.286. The summed E-state index contributed by atoms with van der Waals surface area (Å²) in [5.74, 6) is 0.438. The minimum absolute atomic E-state index is 0.215. The summed E-state index contributed by atoms with van der Waals surface area (Å²) in [6.45, 7) is 2.19. The summed E-state index contributed by atoms with van der Waals surface area (Å²) in [6, 6.07) is 6.20. The van der Waals surface area contributed by atoms with Crippen LogP contribution in [0.3, 0.4) is 0 Å². The van der Waals surface area contributed by atoms with Gasteiger partial charge in [-0.25, -0.2) is 0 Å². The first-order chi connectivity index (χ1) is 12.3. The van der Waals surface area contributed by atoms with Crippen LogP contribution in [0.25, 0.3) is 0 Å². The van der Waals surface area contributed by atoms with Gasteiger partial charge in [0.25, 0.3) is 0 Å². The molecule has 2 aliphatic heterocycles. The zero-order valence-corrected chi connectivity index (χ0v) is 14.4. The van der Waals surface area contributed by atoms with Crippen molar-refractivity contribution >= 4 is 11.9 Å². The standard InChI is InChI=1S/C21H22N4/c1-16-6-4-8-18(11-10-16)25-21(17-7-5-12-22-15-17)14-20(24-25)19-9-2-3-13-23-19/h2-4,6,8-13,15-16,21H,5,7,14H2,1H3. The van der Waals surface area contributed by atoms with Crippen LogP contribution in [0, 0.1) is 5.92 Å². The summed E-state index contributed by atoms with van der Waals surface area (Å²) in [5.41, 5.74) is 4.45. The lowest BCUT2D eigenvalue weighted by Gasteiger charge is -2.27. The van der Waals surface area contributed by atoms with Gasteiger partial charge in [0.05, 0.1) is 23.1 Å². The van der Waals surface area contributed by atoms with Crippen molar-refractivity contribution in [3.8, 4) is 0 Å². The van der Waals surface area contributed by atoms with Crippen molar-refractivity contribution in [2.24, 2.45) is 16.0 Å². The van der Waals surface area contributed by atoms with E-state index in [0.717, 1.165) is 36.4 Å². The van der Waals surface area contributed by atoms with Crippen LogP contribution in [0.4, 0.5) is 0 Å². The number of pyridine rings is 1. The Kier molecular flexibility index (Phi) is 4.42. The van der Waals surface area contributed by atoms with Crippen molar-refractivity contribution in [2.75, 3.05) is 0 Å². The lowest BCUT2D eigenvalue weighted by Crippen LogP contribution is -2.28. The molecule has 4 heteroatoms. The van der Waals surface area contributed by atoms with Crippen molar-refractivity contribution in [3.05, 3.63) is 77.9 Å². The Morgan fingerprint density at radius 3 is 2.96 bits per heavy atom. The van der Waals surface area contributed by atoms with Gasteiger partial charge in [-0.1, -0.05) is 31.2 Å². The Balaban J connectivity index is 1.70. The molecule has 3 aliphatic rings. The SMILES string of the molecule is CC1C=CC=C(N2N=C(c3ccccn3)CC2C2=CN=CCC2)C=C1. The maximum atomic E-state index is 4.95. The van der Waals surface area contributed by atoms with E-state index in [9.17, 15) is 0 Å². The molecule has 2 atom stereocenters. The van der Waals surface area contributed by atoms with Gasteiger partial charge in [-0.2, -0.15) is 5.10 Å². The lowest BCUT2D eigenvalue weighted by molar-refractivity contribution is 0.331. The highest BCUT2D eigenvalue weighted by atomic mass is 15.5. The second-order valence-corrected chi connectivity index (χ2v) is 6.60. The number of rotatable bonds is 3. The third-order valence-corrected chi connectivity index (χ3v) is 4.72. The molecule has 1 aromatic rings. The van der Waals surface area contributed by atoms with Crippen molar-refractivity contribution in [2.45, 2.75) is 32.2 Å². The number of aliphatic imine (C=N–C) groups is 1. The largest absolute Gasteiger partial charge is 0.269 e. The van der Waals surface area contributed by atoms with E-state index >= 15 is 0 Å². The Labute approximate surface area is 148 Å². The molecule has 0 fully saturated rings. The number of aromatic nitrogens is 1. The van der Waals surface area contributed by atoms with Gasteiger partial charge >= 0.3 is 0 Å². The average molecular weight is 330 g/mol. The Morgan fingerprint density at radius 1 is 1.20 bits per heavy atom. The molecule has 0 bridgehead atoms. The summed E-state index contributed by atoms with van der Waals surface area (Å²) in [6.07, 6.45) is 19.6. The maximum Gasteiger partial charge on any atom is 0.0890 e. The number of hydrogen-bond donors (Lipinski definition) is 0. The summed E-state index contributed by atoms with van der Waals surface area (Å²) in [7, 11) is 0. The zero-order chi connectivity index (χ0) is 17.1. The van der Waals surface area contributed by atoms with E-state index in [-0.39, 0.29) is 6.04 Å². The zero-order valence-electron chi connectivity index (χ0n) is 14.4. The van der Waals surface area contributed by atoms with Crippen LogP contribution in [0.2, 0.25) is 0 Å². The smallest absolute Gasteiger partial charge is 0.0890 e. The van der Waals surface area contributed by atoms with Crippen LogP contribution < -0.4 is 0 Å². The molecular weight excluding hydrogens is 308 g/mol. The van der Waals surface area contributed by atoms with Crippen LogP contribution in [-0.2, 0) is 0 Å². The molecule has 1 aromatic heterocycles. The molecule has 0 saturated heterocycles. The van der Waals surface area contributed by atoms with Gasteiger partial charge in [0, 0.05) is 25.0 Å². The van der Waals surface area contributed by atoms with E-state index in [4.69, 9.17) is 5.10 Å². The predicted molar refractivity (Wildman–Crippen MR) is 102 cm³/mol. The van der Waals surface area contributed by atoms with Gasteiger partial charge in [-0.3, -0.25) is 15.0 Å². The van der Waals surface area contributed by atoms with Gasteiger partial charge in [-0.05, 0) is 48.6 Å². The number of allylic oxidation sites excluding steroid dienone is 5. The Hall–Kier alpha value is -2.75. The van der Waals surface area contributed by atoms with E-state index in [1.165, 1.54) is 5.57 Å². The van der Waals surface area contributed by atoms with Crippen molar-refractivity contribution < 1.29 is 0 Å². The Morgan fingerprint density at radius 2 is 2.16 bits per heavy atom. The molecular formula is C21H22N4. The van der Waals surface area contributed by atoms with Crippen LogP contribution in [-0.4, -0.2) is 28.0 Å². The minimum atomic E-state index is 0.215. The first-order valence-electron chi connectivity index (χ1n) is 8.86. The second kappa shape index (κ2) is 7.01. The molecule has 25 heavy (non-hydrogen) atoms. The Bertz CT molecular complexity index is 812. The predicted octanol–water partition coefficient (Wildman–Crippen LogP) is 4.25. The molecule has 126 valence electrons. The summed E-state index contributed by atoms with van der Waals surface area (Å²) in [5, 5.41) is 7.10. The van der Waals surface area contributed by atoms with Gasteiger partial charge in [-0.15, -0.1) is 0 Å². The first-order valence-corrected chi connectivity index (χ1v) is 8.86. The van der Waals surface area contributed by atoms with Gasteiger partial charge in [0.15, 0.2) is 0 Å². The summed E-state index contributed by atoms with van der Waals surface area (Å²) in [4.78, 5) is 8.87. The molecule has 0 aromatic carbocycles. The molecule has 1 aliphatic carbocycles. The molecule has 0 radical (unpaired) electrons. The molecule has 2 unspecified atom stereocenters. The molecule has 3 heterocycles. The average Bonchev–Trinajstić information content (AvgIpc) is 3.00. The molecule has 0 amide bonds. The van der Waals surface area contributed by atoms with Gasteiger partial charge < -0.3 is 0 Å². The molecule has 4 rings (SSSR count). The monoisotopic (exact) mass is 330 g/mol. The van der Waals surface area contributed by atoms with Crippen LogP contribution in [0.15, 0.2) is 82.3 Å². The second-order valence-electron chi connectivity index (χ2n) is 6.60. The first kappa shape index (κ1) is 15.8. The summed E-state index contributed by atoms with van der Waals surface area (Å²) < 4.78 is 0. The number of hydrogen-bond acceptors (Lipinski definition) is 4. The van der Waals surface area contributed by atoms with Crippen LogP contribution in [0.1, 0.15) is 31.9 Å². The van der Waals surface area contributed by atoms with E-state index in [1.54, 1.807) is 0 Å². The quantitative estimate of drug-likeness (QED) is 0.831. The van der Waals surface area contributed by atoms with E-state index in [1.807, 2.05) is 36.8 Å². The number of nitrogens with zero attached hydrogens (tertiary/aromatic N) is 4. The van der Waals surface area contributed by atoms with E-state index < -0.39 is 0 Å². The normalized spacial score (nSPS) is 25.5. The van der Waals surface area contributed by atoms with Crippen molar-refractivity contribution in [3.63, 3.8) is 0 Å². The fourth-order valence-electron chi connectivity index (χ4n) is 3.35. The maximum absolute atomic E-state index is 4.95. The minimum Gasteiger partial charge on any atom is -0.269 e. The highest BCUT2D eigenvalue weighted by Gasteiger charge is 2.32. The topological polar surface area (TPSA) is 40.9 Å². The molecule has 4 nitrogen and oxygen atoms in total. The highest BCUT2D eigenvalue weighted by molar-refractivity contribution is 6.00. The van der Waals surface area contributed by atoms with Gasteiger partial charge in [0.1, 0.15) is 0 Å². The third kappa shape index (κ3) is 3.38. The molecule has 0 spiro atoms. The van der Waals surface area contributed by atoms with Crippen LogP contribution >= 0.6 is 0 Å².